The molecule has 1 aliphatic heterocycles. The number of carbonyl (C=O) groups is 1. The monoisotopic (exact) mass is 292 g/mol. The van der Waals surface area contributed by atoms with Gasteiger partial charge in [0.1, 0.15) is 11.5 Å². The number of piperidine rings is 1. The van der Waals surface area contributed by atoms with Gasteiger partial charge >= 0.3 is 0 Å². The minimum Gasteiger partial charge on any atom is -0.466 e. The van der Waals surface area contributed by atoms with Crippen LogP contribution < -0.4 is 0 Å². The van der Waals surface area contributed by atoms with Crippen LogP contribution >= 0.6 is 0 Å². The Balaban J connectivity index is 1.94. The summed E-state index contributed by atoms with van der Waals surface area (Å²) in [5.41, 5.74) is 1.77. The number of rotatable bonds is 4. The van der Waals surface area contributed by atoms with Crippen LogP contribution in [0.5, 0.6) is 0 Å². The molecule has 4 heteroatoms. The van der Waals surface area contributed by atoms with E-state index >= 15 is 0 Å². The lowest BCUT2D eigenvalue weighted by molar-refractivity contribution is 0.0681. The Morgan fingerprint density at radius 3 is 2.29 bits per heavy atom. The molecule has 1 saturated heterocycles. The van der Waals surface area contributed by atoms with Crippen LogP contribution in [-0.2, 0) is 0 Å². The first-order valence-corrected chi connectivity index (χ1v) is 7.90. The van der Waals surface area contributed by atoms with Crippen molar-refractivity contribution in [2.75, 3.05) is 33.7 Å². The molecule has 0 bridgehead atoms. The van der Waals surface area contributed by atoms with Gasteiger partial charge in [-0.2, -0.15) is 0 Å². The third-order valence-electron chi connectivity index (χ3n) is 4.66. The molecule has 0 unspecified atom stereocenters. The molecule has 4 nitrogen and oxygen atoms in total. The highest BCUT2D eigenvalue weighted by atomic mass is 16.3. The summed E-state index contributed by atoms with van der Waals surface area (Å²) < 4.78 is 5.59. The van der Waals surface area contributed by atoms with Gasteiger partial charge in [-0.1, -0.05) is 0 Å². The Kier molecular flexibility index (Phi) is 5.09. The molecule has 1 aromatic rings. The van der Waals surface area contributed by atoms with Crippen LogP contribution in [0.15, 0.2) is 4.42 Å². The van der Waals surface area contributed by atoms with Gasteiger partial charge in [-0.25, -0.2) is 0 Å². The van der Waals surface area contributed by atoms with Crippen molar-refractivity contribution < 1.29 is 9.21 Å². The molecule has 0 aromatic carbocycles. The van der Waals surface area contributed by atoms with E-state index in [1.807, 2.05) is 25.7 Å². The zero-order valence-electron chi connectivity index (χ0n) is 14.0. The molecule has 1 amide bonds. The van der Waals surface area contributed by atoms with E-state index in [0.29, 0.717) is 0 Å². The normalized spacial score (nSPS) is 16.8. The average molecular weight is 292 g/mol. The van der Waals surface area contributed by atoms with Crippen molar-refractivity contribution >= 4 is 5.91 Å². The van der Waals surface area contributed by atoms with Crippen LogP contribution in [-0.4, -0.2) is 49.4 Å². The van der Waals surface area contributed by atoms with Gasteiger partial charge < -0.3 is 14.2 Å². The van der Waals surface area contributed by atoms with Gasteiger partial charge in [0.05, 0.1) is 5.56 Å². The molecule has 2 rings (SSSR count). The minimum atomic E-state index is 0.146. The second kappa shape index (κ2) is 6.65. The predicted molar refractivity (Wildman–Crippen MR) is 84.7 cm³/mol. The minimum absolute atomic E-state index is 0.146. The first-order valence-electron chi connectivity index (χ1n) is 7.90. The number of hydrogen-bond donors (Lipinski definition) is 0. The molecule has 0 N–H and O–H groups in total. The zero-order valence-corrected chi connectivity index (χ0v) is 14.0. The molecule has 1 fully saturated rings. The topological polar surface area (TPSA) is 36.7 Å². The number of hydrogen-bond acceptors (Lipinski definition) is 3. The number of furan rings is 1. The first-order chi connectivity index (χ1) is 9.90. The van der Waals surface area contributed by atoms with Gasteiger partial charge in [0.25, 0.3) is 5.91 Å². The van der Waals surface area contributed by atoms with E-state index in [2.05, 4.69) is 19.0 Å². The van der Waals surface area contributed by atoms with E-state index in [4.69, 9.17) is 4.42 Å². The van der Waals surface area contributed by atoms with E-state index in [1.54, 1.807) is 0 Å². The van der Waals surface area contributed by atoms with Crippen LogP contribution in [0.2, 0.25) is 0 Å². The lowest BCUT2D eigenvalue weighted by Gasteiger charge is -2.32. The van der Waals surface area contributed by atoms with Crippen molar-refractivity contribution in [2.45, 2.75) is 40.0 Å². The van der Waals surface area contributed by atoms with Crippen LogP contribution in [0.25, 0.3) is 0 Å². The molecule has 0 atom stereocenters. The van der Waals surface area contributed by atoms with Crippen LogP contribution in [0.3, 0.4) is 0 Å². The van der Waals surface area contributed by atoms with E-state index in [9.17, 15) is 4.79 Å². The summed E-state index contributed by atoms with van der Waals surface area (Å²) in [4.78, 5) is 16.9. The highest BCUT2D eigenvalue weighted by Gasteiger charge is 2.27. The number of nitrogens with zero attached hydrogens (tertiary/aromatic N) is 2. The molecule has 0 radical (unpaired) electrons. The largest absolute Gasteiger partial charge is 0.466 e. The Bertz CT molecular complexity index is 497. The molecule has 1 aromatic heterocycles. The maximum Gasteiger partial charge on any atom is 0.257 e. The number of amides is 1. The maximum atomic E-state index is 12.7. The first kappa shape index (κ1) is 16.1. The van der Waals surface area contributed by atoms with Crippen molar-refractivity contribution in [3.8, 4) is 0 Å². The highest BCUT2D eigenvalue weighted by molar-refractivity contribution is 5.96. The summed E-state index contributed by atoms with van der Waals surface area (Å²) in [7, 11) is 4.23. The fourth-order valence-electron chi connectivity index (χ4n) is 3.13. The van der Waals surface area contributed by atoms with Gasteiger partial charge in [0, 0.05) is 18.7 Å². The van der Waals surface area contributed by atoms with E-state index in [0.717, 1.165) is 61.0 Å². The molecule has 0 aliphatic carbocycles. The predicted octanol–water partition coefficient (Wildman–Crippen LogP) is 3.01. The fraction of sp³-hybridized carbons (Fsp3) is 0.706. The third-order valence-corrected chi connectivity index (χ3v) is 4.66. The van der Waals surface area contributed by atoms with Crippen LogP contribution in [0.4, 0.5) is 0 Å². The van der Waals surface area contributed by atoms with E-state index < -0.39 is 0 Å². The molecule has 2 heterocycles. The van der Waals surface area contributed by atoms with E-state index in [1.165, 1.54) is 6.42 Å². The average Bonchev–Trinajstić information content (AvgIpc) is 2.70. The summed E-state index contributed by atoms with van der Waals surface area (Å²) in [5.74, 6) is 2.51. The third kappa shape index (κ3) is 3.67. The Morgan fingerprint density at radius 1 is 1.19 bits per heavy atom. The zero-order chi connectivity index (χ0) is 15.6. The quantitative estimate of drug-likeness (QED) is 0.856. The highest BCUT2D eigenvalue weighted by Crippen LogP contribution is 2.26. The molecule has 0 spiro atoms. The van der Waals surface area contributed by atoms with Crippen molar-refractivity contribution in [1.82, 2.24) is 9.80 Å². The van der Waals surface area contributed by atoms with Gasteiger partial charge in [-0.3, -0.25) is 4.79 Å². The summed E-state index contributed by atoms with van der Waals surface area (Å²) in [6.07, 6.45) is 3.47. The molecule has 21 heavy (non-hydrogen) atoms. The maximum absolute atomic E-state index is 12.7. The molecule has 118 valence electrons. The Labute approximate surface area is 128 Å². The van der Waals surface area contributed by atoms with Crippen LogP contribution in [0.1, 0.15) is 46.7 Å². The Morgan fingerprint density at radius 2 is 1.81 bits per heavy atom. The molecular weight excluding hydrogens is 264 g/mol. The van der Waals surface area contributed by atoms with Crippen molar-refractivity contribution in [3.63, 3.8) is 0 Å². The smallest absolute Gasteiger partial charge is 0.257 e. The van der Waals surface area contributed by atoms with Gasteiger partial charge in [-0.05, 0) is 66.6 Å². The lowest BCUT2D eigenvalue weighted by Crippen LogP contribution is -2.39. The molecule has 0 saturated carbocycles. The standard InChI is InChI=1S/C17H28N2O2/c1-12-13(2)21-14(3)16(12)17(20)19-10-7-15(8-11-19)6-9-18(4)5/h15H,6-11H2,1-5H3. The second-order valence-corrected chi connectivity index (χ2v) is 6.54. The summed E-state index contributed by atoms with van der Waals surface area (Å²) in [5, 5.41) is 0. The van der Waals surface area contributed by atoms with Crippen molar-refractivity contribution in [2.24, 2.45) is 5.92 Å². The van der Waals surface area contributed by atoms with Crippen molar-refractivity contribution in [3.05, 3.63) is 22.6 Å². The van der Waals surface area contributed by atoms with E-state index in [-0.39, 0.29) is 5.91 Å². The SMILES string of the molecule is Cc1oc(C)c(C(=O)N2CCC(CCN(C)C)CC2)c1C. The molecular formula is C17H28N2O2. The fourth-order valence-corrected chi connectivity index (χ4v) is 3.13. The summed E-state index contributed by atoms with van der Waals surface area (Å²) in [6, 6.07) is 0. The number of carbonyl (C=O) groups excluding carboxylic acids is 1. The number of aryl methyl sites for hydroxylation is 2. The van der Waals surface area contributed by atoms with Crippen molar-refractivity contribution in [1.29, 1.82) is 0 Å². The molecule has 1 aliphatic rings. The van der Waals surface area contributed by atoms with Gasteiger partial charge in [0.2, 0.25) is 0 Å². The van der Waals surface area contributed by atoms with Crippen LogP contribution in [0, 0.1) is 26.7 Å². The number of likely N-dealkylation sites (tertiary alicyclic amines) is 1. The van der Waals surface area contributed by atoms with Gasteiger partial charge in [-0.15, -0.1) is 0 Å². The van der Waals surface area contributed by atoms with Gasteiger partial charge in [0.15, 0.2) is 0 Å². The second-order valence-electron chi connectivity index (χ2n) is 6.54. The summed E-state index contributed by atoms with van der Waals surface area (Å²) in [6.45, 7) is 8.67. The lowest BCUT2D eigenvalue weighted by atomic mass is 9.93. The Hall–Kier alpha value is -1.29. The summed E-state index contributed by atoms with van der Waals surface area (Å²) >= 11 is 0.